The molecule has 0 spiro atoms. The van der Waals surface area contributed by atoms with Gasteiger partial charge in [-0.2, -0.15) is 0 Å². The standard InChI is InChI=1S/C11H15IN2/c1-8-9(11(2,3)4)5-6-13-10(8)7-14-12/h5-7H,1-4H3/b14-7-. The summed E-state index contributed by atoms with van der Waals surface area (Å²) in [4.78, 5) is 4.29. The van der Waals surface area contributed by atoms with Crippen LogP contribution in [0.5, 0.6) is 0 Å². The van der Waals surface area contributed by atoms with Crippen molar-refractivity contribution < 1.29 is 0 Å². The normalized spacial score (nSPS) is 12.4. The largest absolute Gasteiger partial charge is 0.255 e. The van der Waals surface area contributed by atoms with Gasteiger partial charge in [0.05, 0.1) is 34.8 Å². The van der Waals surface area contributed by atoms with Crippen molar-refractivity contribution in [2.24, 2.45) is 3.21 Å². The number of hydrogen-bond acceptors (Lipinski definition) is 2. The minimum Gasteiger partial charge on any atom is -0.255 e. The zero-order valence-electron chi connectivity index (χ0n) is 9.00. The van der Waals surface area contributed by atoms with Crippen LogP contribution in [0.25, 0.3) is 0 Å². The highest BCUT2D eigenvalue weighted by Gasteiger charge is 2.17. The van der Waals surface area contributed by atoms with E-state index >= 15 is 0 Å². The smallest absolute Gasteiger partial charge is 0.0849 e. The Morgan fingerprint density at radius 3 is 2.57 bits per heavy atom. The van der Waals surface area contributed by atoms with E-state index in [1.54, 1.807) is 6.21 Å². The van der Waals surface area contributed by atoms with E-state index in [1.165, 1.54) is 11.1 Å². The second-order valence-corrected chi connectivity index (χ2v) is 4.90. The summed E-state index contributed by atoms with van der Waals surface area (Å²) in [6.07, 6.45) is 3.65. The highest BCUT2D eigenvalue weighted by atomic mass is 127. The van der Waals surface area contributed by atoms with Crippen molar-refractivity contribution in [1.29, 1.82) is 0 Å². The molecule has 0 fully saturated rings. The van der Waals surface area contributed by atoms with Crippen LogP contribution in [0.4, 0.5) is 0 Å². The Hall–Kier alpha value is -0.450. The minimum atomic E-state index is 0.168. The molecule has 0 aliphatic rings. The summed E-state index contributed by atoms with van der Waals surface area (Å²) < 4.78 is 3.97. The summed E-state index contributed by atoms with van der Waals surface area (Å²) in [5, 5.41) is 0. The Morgan fingerprint density at radius 2 is 2.07 bits per heavy atom. The summed E-state index contributed by atoms with van der Waals surface area (Å²) in [7, 11) is 0. The van der Waals surface area contributed by atoms with Crippen LogP contribution in [0.1, 0.15) is 37.6 Å². The van der Waals surface area contributed by atoms with E-state index in [4.69, 9.17) is 0 Å². The topological polar surface area (TPSA) is 25.2 Å². The lowest BCUT2D eigenvalue weighted by molar-refractivity contribution is 0.585. The molecule has 3 heteroatoms. The minimum absolute atomic E-state index is 0.168. The fraction of sp³-hybridized carbons (Fsp3) is 0.455. The maximum atomic E-state index is 4.29. The molecule has 0 aliphatic heterocycles. The molecule has 2 nitrogen and oxygen atoms in total. The average molecular weight is 302 g/mol. The maximum Gasteiger partial charge on any atom is 0.0849 e. The van der Waals surface area contributed by atoms with Gasteiger partial charge in [-0.15, -0.1) is 0 Å². The van der Waals surface area contributed by atoms with E-state index in [1.807, 2.05) is 29.1 Å². The van der Waals surface area contributed by atoms with Crippen molar-refractivity contribution in [1.82, 2.24) is 4.98 Å². The van der Waals surface area contributed by atoms with Crippen molar-refractivity contribution >= 4 is 29.1 Å². The van der Waals surface area contributed by atoms with E-state index in [-0.39, 0.29) is 5.41 Å². The monoisotopic (exact) mass is 302 g/mol. The first kappa shape index (κ1) is 11.6. The van der Waals surface area contributed by atoms with Crippen LogP contribution in [0, 0.1) is 6.92 Å². The lowest BCUT2D eigenvalue weighted by Gasteiger charge is -2.21. The third-order valence-electron chi connectivity index (χ3n) is 2.22. The predicted molar refractivity (Wildman–Crippen MR) is 69.3 cm³/mol. The zero-order chi connectivity index (χ0) is 10.8. The summed E-state index contributed by atoms with van der Waals surface area (Å²) in [5.74, 6) is 0. The molecule has 0 amide bonds. The van der Waals surface area contributed by atoms with E-state index < -0.39 is 0 Å². The van der Waals surface area contributed by atoms with Gasteiger partial charge in [-0.3, -0.25) is 4.98 Å². The van der Waals surface area contributed by atoms with E-state index in [9.17, 15) is 0 Å². The van der Waals surface area contributed by atoms with Crippen LogP contribution >= 0.6 is 22.9 Å². The summed E-state index contributed by atoms with van der Waals surface area (Å²) in [6.45, 7) is 8.72. The summed E-state index contributed by atoms with van der Waals surface area (Å²) in [5.41, 5.74) is 3.69. The summed E-state index contributed by atoms with van der Waals surface area (Å²) >= 11 is 1.97. The maximum absolute atomic E-state index is 4.29. The van der Waals surface area contributed by atoms with Crippen molar-refractivity contribution in [3.8, 4) is 0 Å². The van der Waals surface area contributed by atoms with Crippen LogP contribution in [-0.2, 0) is 5.41 Å². The fourth-order valence-corrected chi connectivity index (χ4v) is 1.80. The Kier molecular flexibility index (Phi) is 3.64. The van der Waals surface area contributed by atoms with Gasteiger partial charge in [0.15, 0.2) is 0 Å². The van der Waals surface area contributed by atoms with Crippen molar-refractivity contribution in [3.63, 3.8) is 0 Å². The Morgan fingerprint density at radius 1 is 1.43 bits per heavy atom. The first-order valence-corrected chi connectivity index (χ1v) is 5.53. The van der Waals surface area contributed by atoms with Crippen molar-refractivity contribution in [2.45, 2.75) is 33.1 Å². The second-order valence-electron chi connectivity index (χ2n) is 4.35. The van der Waals surface area contributed by atoms with Crippen LogP contribution in [0.2, 0.25) is 0 Å². The first-order chi connectivity index (χ1) is 6.46. The highest BCUT2D eigenvalue weighted by molar-refractivity contribution is 14.1. The molecular formula is C11H15IN2. The molecule has 0 bridgehead atoms. The van der Waals surface area contributed by atoms with Gasteiger partial charge in [0.1, 0.15) is 0 Å². The number of hydrogen-bond donors (Lipinski definition) is 0. The van der Waals surface area contributed by atoms with Gasteiger partial charge in [0.2, 0.25) is 0 Å². The molecule has 0 aromatic carbocycles. The number of rotatable bonds is 1. The number of pyridine rings is 1. The van der Waals surface area contributed by atoms with E-state index in [0.29, 0.717) is 0 Å². The van der Waals surface area contributed by atoms with Gasteiger partial charge in [-0.05, 0) is 29.5 Å². The lowest BCUT2D eigenvalue weighted by atomic mass is 9.84. The van der Waals surface area contributed by atoms with Crippen LogP contribution < -0.4 is 0 Å². The third kappa shape index (κ3) is 2.53. The molecule has 0 atom stereocenters. The van der Waals surface area contributed by atoms with Gasteiger partial charge < -0.3 is 0 Å². The number of halogens is 1. The lowest BCUT2D eigenvalue weighted by Crippen LogP contribution is -2.14. The van der Waals surface area contributed by atoms with Crippen molar-refractivity contribution in [3.05, 3.63) is 29.1 Å². The SMILES string of the molecule is Cc1c(C(C)(C)C)ccnc1/C=N\I. The zero-order valence-corrected chi connectivity index (χ0v) is 11.2. The molecule has 1 aromatic heterocycles. The molecule has 0 radical (unpaired) electrons. The quantitative estimate of drug-likeness (QED) is 0.576. The second kappa shape index (κ2) is 4.38. The molecule has 1 aromatic rings. The van der Waals surface area contributed by atoms with E-state index in [0.717, 1.165) is 5.69 Å². The molecule has 0 aliphatic carbocycles. The molecule has 76 valence electrons. The Bertz CT molecular complexity index is 351. The van der Waals surface area contributed by atoms with Crippen LogP contribution in [0.3, 0.4) is 0 Å². The van der Waals surface area contributed by atoms with Gasteiger partial charge >= 0.3 is 0 Å². The average Bonchev–Trinajstić information content (AvgIpc) is 2.07. The predicted octanol–water partition coefficient (Wildman–Crippen LogP) is 3.46. The van der Waals surface area contributed by atoms with Crippen LogP contribution in [0.15, 0.2) is 15.5 Å². The van der Waals surface area contributed by atoms with Crippen molar-refractivity contribution in [2.75, 3.05) is 0 Å². The Labute approximate surface area is 99.4 Å². The molecule has 0 saturated heterocycles. The summed E-state index contributed by atoms with van der Waals surface area (Å²) in [6, 6.07) is 2.08. The van der Waals surface area contributed by atoms with Gasteiger partial charge in [-0.1, -0.05) is 20.8 Å². The van der Waals surface area contributed by atoms with Crippen LogP contribution in [-0.4, -0.2) is 11.2 Å². The molecule has 0 N–H and O–H groups in total. The van der Waals surface area contributed by atoms with Gasteiger partial charge in [0, 0.05) is 6.20 Å². The van der Waals surface area contributed by atoms with Gasteiger partial charge in [-0.25, -0.2) is 3.21 Å². The van der Waals surface area contributed by atoms with E-state index in [2.05, 4.69) is 42.0 Å². The molecule has 1 heterocycles. The molecule has 0 unspecified atom stereocenters. The molecular weight excluding hydrogens is 287 g/mol. The molecule has 14 heavy (non-hydrogen) atoms. The number of aromatic nitrogens is 1. The fourth-order valence-electron chi connectivity index (χ4n) is 1.54. The number of nitrogens with zero attached hydrogens (tertiary/aromatic N) is 2. The molecule has 1 rings (SSSR count). The Balaban J connectivity index is 3.28. The third-order valence-corrected chi connectivity index (χ3v) is 2.50. The highest BCUT2D eigenvalue weighted by Crippen LogP contribution is 2.25. The molecule has 0 saturated carbocycles. The van der Waals surface area contributed by atoms with Gasteiger partial charge in [0.25, 0.3) is 0 Å². The first-order valence-electron chi connectivity index (χ1n) is 4.57.